The van der Waals surface area contributed by atoms with E-state index in [2.05, 4.69) is 0 Å². The lowest BCUT2D eigenvalue weighted by molar-refractivity contribution is 0.0880. The number of benzene rings is 2. The van der Waals surface area contributed by atoms with Crippen molar-refractivity contribution in [3.05, 3.63) is 82.8 Å². The molecule has 1 fully saturated rings. The molecule has 1 aliphatic carbocycles. The smallest absolute Gasteiger partial charge is 0.255 e. The number of para-hydroxylation sites is 1. The fourth-order valence-corrected chi connectivity index (χ4v) is 3.22. The number of aliphatic hydroxyl groups excluding tert-OH is 1. The van der Waals surface area contributed by atoms with E-state index in [1.165, 1.54) is 4.57 Å². The highest BCUT2D eigenvalue weighted by molar-refractivity contribution is 5.49. The van der Waals surface area contributed by atoms with Crippen molar-refractivity contribution in [2.45, 2.75) is 25.6 Å². The van der Waals surface area contributed by atoms with E-state index in [1.54, 1.807) is 37.6 Å². The highest BCUT2D eigenvalue weighted by atomic mass is 16.5. The zero-order chi connectivity index (χ0) is 20.9. The first kappa shape index (κ1) is 20.0. The first-order chi connectivity index (χ1) is 14.6. The molecule has 0 bridgehead atoms. The van der Waals surface area contributed by atoms with Crippen LogP contribution >= 0.6 is 0 Å². The topological polar surface area (TPSA) is 69.9 Å². The normalized spacial score (nSPS) is 14.2. The van der Waals surface area contributed by atoms with Crippen LogP contribution in [0.25, 0.3) is 5.69 Å². The Morgan fingerprint density at radius 3 is 2.53 bits per heavy atom. The molecule has 30 heavy (non-hydrogen) atoms. The maximum absolute atomic E-state index is 12.6. The lowest BCUT2D eigenvalue weighted by Gasteiger charge is -2.15. The van der Waals surface area contributed by atoms with Crippen molar-refractivity contribution in [2.24, 2.45) is 5.92 Å². The van der Waals surface area contributed by atoms with Gasteiger partial charge in [-0.3, -0.25) is 9.36 Å². The molecule has 156 valence electrons. The Balaban J connectivity index is 1.46. The zero-order valence-corrected chi connectivity index (χ0v) is 16.9. The summed E-state index contributed by atoms with van der Waals surface area (Å²) in [4.78, 5) is 12.6. The molecular formula is C24H25NO5. The third kappa shape index (κ3) is 4.83. The number of hydrogen-bond donors (Lipinski definition) is 1. The molecule has 0 saturated heterocycles. The molecule has 1 unspecified atom stereocenters. The van der Waals surface area contributed by atoms with Crippen molar-refractivity contribution in [1.82, 2.24) is 4.57 Å². The van der Waals surface area contributed by atoms with E-state index in [0.717, 1.165) is 24.2 Å². The van der Waals surface area contributed by atoms with Gasteiger partial charge in [0.1, 0.15) is 19.0 Å². The number of nitrogens with zero attached hydrogens (tertiary/aromatic N) is 1. The van der Waals surface area contributed by atoms with Gasteiger partial charge >= 0.3 is 0 Å². The minimum Gasteiger partial charge on any atom is -0.493 e. The molecule has 1 heterocycles. The lowest BCUT2D eigenvalue weighted by atomic mass is 10.2. The third-order valence-electron chi connectivity index (χ3n) is 5.13. The third-order valence-corrected chi connectivity index (χ3v) is 5.13. The van der Waals surface area contributed by atoms with Crippen LogP contribution < -0.4 is 19.8 Å². The van der Waals surface area contributed by atoms with E-state index in [9.17, 15) is 9.90 Å². The molecule has 4 rings (SSSR count). The molecule has 1 N–H and O–H groups in total. The standard InChI is InChI=1S/C24H25NO5/c1-28-23-14-19(9-10-22(23)30-16-21(26)18-7-8-18)25-12-11-17(13-24(25)27)15-29-20-5-3-2-4-6-20/h2-6,9-14,18,21,26H,7-8,15-16H2,1H3. The summed E-state index contributed by atoms with van der Waals surface area (Å²) in [5, 5.41) is 10.0. The van der Waals surface area contributed by atoms with Crippen LogP contribution in [0.1, 0.15) is 18.4 Å². The van der Waals surface area contributed by atoms with Crippen LogP contribution in [0.3, 0.4) is 0 Å². The van der Waals surface area contributed by atoms with E-state index < -0.39 is 6.10 Å². The maximum atomic E-state index is 12.6. The fourth-order valence-electron chi connectivity index (χ4n) is 3.22. The predicted octanol–water partition coefficient (Wildman–Crippen LogP) is 3.57. The predicted molar refractivity (Wildman–Crippen MR) is 114 cm³/mol. The van der Waals surface area contributed by atoms with Gasteiger partial charge in [-0.15, -0.1) is 0 Å². The van der Waals surface area contributed by atoms with Gasteiger partial charge in [0.15, 0.2) is 11.5 Å². The second-order valence-corrected chi connectivity index (χ2v) is 7.40. The summed E-state index contributed by atoms with van der Waals surface area (Å²) in [6, 6.07) is 18.2. The molecule has 1 saturated carbocycles. The summed E-state index contributed by atoms with van der Waals surface area (Å²) >= 11 is 0. The van der Waals surface area contributed by atoms with Crippen LogP contribution in [0.15, 0.2) is 71.7 Å². The second kappa shape index (κ2) is 9.05. The molecule has 1 aromatic heterocycles. The first-order valence-corrected chi connectivity index (χ1v) is 10.0. The molecular weight excluding hydrogens is 382 g/mol. The van der Waals surface area contributed by atoms with Gasteiger partial charge in [0, 0.05) is 18.3 Å². The highest BCUT2D eigenvalue weighted by Crippen LogP contribution is 2.34. The average Bonchev–Trinajstić information content (AvgIpc) is 3.62. The van der Waals surface area contributed by atoms with Gasteiger partial charge in [0.2, 0.25) is 0 Å². The fraction of sp³-hybridized carbons (Fsp3) is 0.292. The minimum atomic E-state index is -0.456. The number of ether oxygens (including phenoxy) is 3. The summed E-state index contributed by atoms with van der Waals surface area (Å²) < 4.78 is 18.4. The molecule has 0 radical (unpaired) electrons. The van der Waals surface area contributed by atoms with Crippen molar-refractivity contribution in [3.8, 4) is 22.9 Å². The van der Waals surface area contributed by atoms with Gasteiger partial charge in [0.25, 0.3) is 5.56 Å². The van der Waals surface area contributed by atoms with Crippen LogP contribution in [0.2, 0.25) is 0 Å². The number of aromatic nitrogens is 1. The average molecular weight is 407 g/mol. The van der Waals surface area contributed by atoms with E-state index in [-0.39, 0.29) is 12.2 Å². The molecule has 1 atom stereocenters. The van der Waals surface area contributed by atoms with Crippen LogP contribution in [0.5, 0.6) is 17.2 Å². The van der Waals surface area contributed by atoms with E-state index in [1.807, 2.05) is 36.4 Å². The van der Waals surface area contributed by atoms with Crippen molar-refractivity contribution in [3.63, 3.8) is 0 Å². The Morgan fingerprint density at radius 1 is 1.03 bits per heavy atom. The summed E-state index contributed by atoms with van der Waals surface area (Å²) in [6.45, 7) is 0.552. The molecule has 0 spiro atoms. The first-order valence-electron chi connectivity index (χ1n) is 10.0. The summed E-state index contributed by atoms with van der Waals surface area (Å²) in [5.74, 6) is 2.16. The van der Waals surface area contributed by atoms with Crippen LogP contribution in [-0.2, 0) is 6.61 Å². The van der Waals surface area contributed by atoms with Crippen LogP contribution in [0.4, 0.5) is 0 Å². The molecule has 0 aliphatic heterocycles. The van der Waals surface area contributed by atoms with E-state index in [0.29, 0.717) is 29.7 Å². The van der Waals surface area contributed by atoms with E-state index in [4.69, 9.17) is 14.2 Å². The molecule has 0 amide bonds. The summed E-state index contributed by atoms with van der Waals surface area (Å²) in [5.41, 5.74) is 1.30. The second-order valence-electron chi connectivity index (χ2n) is 7.40. The van der Waals surface area contributed by atoms with Crippen molar-refractivity contribution in [2.75, 3.05) is 13.7 Å². The number of pyridine rings is 1. The van der Waals surface area contributed by atoms with Crippen LogP contribution in [-0.4, -0.2) is 29.5 Å². The quantitative estimate of drug-likeness (QED) is 0.587. The molecule has 1 aliphatic rings. The SMILES string of the molecule is COc1cc(-n2ccc(COc3ccccc3)cc2=O)ccc1OCC(O)C1CC1. The zero-order valence-electron chi connectivity index (χ0n) is 16.9. The monoisotopic (exact) mass is 407 g/mol. The summed E-state index contributed by atoms with van der Waals surface area (Å²) in [6.07, 6.45) is 3.37. The lowest BCUT2D eigenvalue weighted by Crippen LogP contribution is -2.20. The Kier molecular flexibility index (Phi) is 6.05. The summed E-state index contributed by atoms with van der Waals surface area (Å²) in [7, 11) is 1.55. The Hall–Kier alpha value is -3.25. The number of hydrogen-bond acceptors (Lipinski definition) is 5. The van der Waals surface area contributed by atoms with Crippen molar-refractivity contribution >= 4 is 0 Å². The van der Waals surface area contributed by atoms with Crippen molar-refractivity contribution < 1.29 is 19.3 Å². The van der Waals surface area contributed by atoms with Gasteiger partial charge in [-0.25, -0.2) is 0 Å². The van der Waals surface area contributed by atoms with E-state index >= 15 is 0 Å². The van der Waals surface area contributed by atoms with Crippen LogP contribution in [0, 0.1) is 5.92 Å². The Bertz CT molecular complexity index is 1040. The maximum Gasteiger partial charge on any atom is 0.255 e. The van der Waals surface area contributed by atoms with Crippen molar-refractivity contribution in [1.29, 1.82) is 0 Å². The number of aliphatic hydroxyl groups is 1. The van der Waals surface area contributed by atoms with Gasteiger partial charge in [-0.1, -0.05) is 18.2 Å². The largest absolute Gasteiger partial charge is 0.493 e. The number of rotatable bonds is 9. The highest BCUT2D eigenvalue weighted by Gasteiger charge is 2.30. The molecule has 2 aromatic carbocycles. The van der Waals surface area contributed by atoms with Gasteiger partial charge < -0.3 is 19.3 Å². The number of methoxy groups -OCH3 is 1. The molecule has 3 aromatic rings. The molecule has 6 heteroatoms. The van der Waals surface area contributed by atoms with Gasteiger partial charge in [0.05, 0.1) is 18.9 Å². The van der Waals surface area contributed by atoms with Gasteiger partial charge in [-0.2, -0.15) is 0 Å². The minimum absolute atomic E-state index is 0.163. The Labute approximate surface area is 175 Å². The Morgan fingerprint density at radius 2 is 1.83 bits per heavy atom. The molecule has 6 nitrogen and oxygen atoms in total. The van der Waals surface area contributed by atoms with Gasteiger partial charge in [-0.05, 0) is 54.7 Å².